The molecular weight excluding hydrogens is 438 g/mol. The summed E-state index contributed by atoms with van der Waals surface area (Å²) in [6.45, 7) is 17.8. The molecule has 3 rings (SSSR count). The SMILES string of the molecule is CCN(CC)C(=O)c1ccc(C(c2cccc(CC(C)(C)[Si](C)(C)O)c2)N2CCNCC2)cc1. The van der Waals surface area contributed by atoms with Gasteiger partial charge in [0.1, 0.15) is 0 Å². The number of benzene rings is 2. The standard InChI is InChI=1S/C28H43N3O2Si/c1-7-30(8-2)27(32)24-14-12-23(13-15-24)26(31-18-16-29-17-19-31)25-11-9-10-22(20-25)21-28(3,4)34(5,6)33/h9-15,20,26,29,33H,7-8,16-19,21H2,1-6H3. The van der Waals surface area contributed by atoms with E-state index in [-0.39, 0.29) is 17.0 Å². The molecule has 0 aromatic heterocycles. The lowest BCUT2D eigenvalue weighted by atomic mass is 9.92. The molecule has 2 aromatic rings. The van der Waals surface area contributed by atoms with Crippen LogP contribution in [0, 0.1) is 0 Å². The Morgan fingerprint density at radius 2 is 1.68 bits per heavy atom. The van der Waals surface area contributed by atoms with Crippen LogP contribution >= 0.6 is 0 Å². The van der Waals surface area contributed by atoms with Crippen LogP contribution in [0.15, 0.2) is 48.5 Å². The molecule has 1 atom stereocenters. The Morgan fingerprint density at radius 1 is 1.06 bits per heavy atom. The Morgan fingerprint density at radius 3 is 2.24 bits per heavy atom. The van der Waals surface area contributed by atoms with Gasteiger partial charge in [-0.25, -0.2) is 0 Å². The molecule has 0 saturated carbocycles. The van der Waals surface area contributed by atoms with Crippen LogP contribution in [0.25, 0.3) is 0 Å². The normalized spacial score (nSPS) is 16.3. The monoisotopic (exact) mass is 481 g/mol. The number of hydrogen-bond acceptors (Lipinski definition) is 4. The van der Waals surface area contributed by atoms with Crippen molar-refractivity contribution in [2.75, 3.05) is 39.3 Å². The second-order valence-corrected chi connectivity index (χ2v) is 15.1. The van der Waals surface area contributed by atoms with Gasteiger partial charge in [-0.2, -0.15) is 0 Å². The summed E-state index contributed by atoms with van der Waals surface area (Å²) >= 11 is 0. The zero-order chi connectivity index (χ0) is 24.9. The third kappa shape index (κ3) is 6.16. The molecule has 0 radical (unpaired) electrons. The van der Waals surface area contributed by atoms with Crippen LogP contribution < -0.4 is 5.32 Å². The first-order valence-electron chi connectivity index (χ1n) is 12.7. The van der Waals surface area contributed by atoms with Crippen molar-refractivity contribution in [1.82, 2.24) is 15.1 Å². The maximum absolute atomic E-state index is 12.8. The number of nitrogens with one attached hydrogen (secondary N) is 1. The molecule has 6 heteroatoms. The van der Waals surface area contributed by atoms with Crippen LogP contribution in [0.1, 0.15) is 60.8 Å². The molecule has 0 bridgehead atoms. The molecule has 1 fully saturated rings. The third-order valence-corrected chi connectivity index (χ3v) is 11.1. The Balaban J connectivity index is 1.94. The largest absolute Gasteiger partial charge is 0.432 e. The summed E-state index contributed by atoms with van der Waals surface area (Å²) < 4.78 is 0. The van der Waals surface area contributed by atoms with Gasteiger partial charge in [-0.05, 0) is 67.2 Å². The molecule has 2 aromatic carbocycles. The van der Waals surface area contributed by atoms with E-state index in [0.29, 0.717) is 0 Å². The minimum absolute atomic E-state index is 0.0929. The maximum atomic E-state index is 12.8. The summed E-state index contributed by atoms with van der Waals surface area (Å²) in [5, 5.41) is 3.36. The summed E-state index contributed by atoms with van der Waals surface area (Å²) in [5.41, 5.74) is 4.50. The molecule has 1 saturated heterocycles. The molecule has 34 heavy (non-hydrogen) atoms. The van der Waals surface area contributed by atoms with Gasteiger partial charge in [0.05, 0.1) is 6.04 Å². The van der Waals surface area contributed by atoms with E-state index >= 15 is 0 Å². The fourth-order valence-electron chi connectivity index (χ4n) is 4.66. The van der Waals surface area contributed by atoms with Gasteiger partial charge in [0.2, 0.25) is 0 Å². The summed E-state index contributed by atoms with van der Waals surface area (Å²) in [5.74, 6) is 0.0929. The summed E-state index contributed by atoms with van der Waals surface area (Å²) in [7, 11) is -2.30. The van der Waals surface area contributed by atoms with Crippen molar-refractivity contribution in [3.8, 4) is 0 Å². The lowest BCUT2D eigenvalue weighted by molar-refractivity contribution is 0.0773. The van der Waals surface area contributed by atoms with Crippen molar-refractivity contribution >= 4 is 14.2 Å². The minimum Gasteiger partial charge on any atom is -0.432 e. The van der Waals surface area contributed by atoms with Crippen LogP contribution in [-0.2, 0) is 6.42 Å². The summed E-state index contributed by atoms with van der Waals surface area (Å²) in [6, 6.07) is 17.3. The number of hydrogen-bond donors (Lipinski definition) is 2. The van der Waals surface area contributed by atoms with Crippen molar-refractivity contribution in [2.24, 2.45) is 0 Å². The average molecular weight is 482 g/mol. The first kappa shape index (κ1) is 26.6. The second-order valence-electron chi connectivity index (χ2n) is 10.7. The quantitative estimate of drug-likeness (QED) is 0.511. The summed E-state index contributed by atoms with van der Waals surface area (Å²) in [4.78, 5) is 28.0. The first-order chi connectivity index (χ1) is 16.1. The Bertz CT molecular complexity index is 943. The third-order valence-electron chi connectivity index (χ3n) is 7.61. The zero-order valence-electron chi connectivity index (χ0n) is 21.9. The van der Waals surface area contributed by atoms with E-state index < -0.39 is 8.32 Å². The maximum Gasteiger partial charge on any atom is 0.253 e. The molecule has 2 N–H and O–H groups in total. The van der Waals surface area contributed by atoms with E-state index in [1.54, 1.807) is 0 Å². The minimum atomic E-state index is -2.30. The Hall–Kier alpha value is -1.99. The van der Waals surface area contributed by atoms with Crippen LogP contribution in [-0.4, -0.2) is 68.1 Å². The highest BCUT2D eigenvalue weighted by molar-refractivity contribution is 6.72. The summed E-state index contributed by atoms with van der Waals surface area (Å²) in [6.07, 6.45) is 0.863. The number of carbonyl (C=O) groups excluding carboxylic acids is 1. The van der Waals surface area contributed by atoms with Gasteiger partial charge in [-0.1, -0.05) is 50.2 Å². The van der Waals surface area contributed by atoms with E-state index in [2.05, 4.69) is 60.5 Å². The van der Waals surface area contributed by atoms with Gasteiger partial charge in [-0.15, -0.1) is 0 Å². The lowest BCUT2D eigenvalue weighted by Gasteiger charge is -2.37. The van der Waals surface area contributed by atoms with Crippen LogP contribution in [0.3, 0.4) is 0 Å². The van der Waals surface area contributed by atoms with E-state index in [1.165, 1.54) is 16.7 Å². The van der Waals surface area contributed by atoms with Gasteiger partial charge in [-0.3, -0.25) is 9.69 Å². The smallest absolute Gasteiger partial charge is 0.253 e. The fraction of sp³-hybridized carbons (Fsp3) is 0.536. The van der Waals surface area contributed by atoms with E-state index in [0.717, 1.165) is 51.3 Å². The molecule has 0 aliphatic carbocycles. The number of nitrogens with zero attached hydrogens (tertiary/aromatic N) is 2. The topological polar surface area (TPSA) is 55.8 Å². The van der Waals surface area contributed by atoms with Crippen LogP contribution in [0.4, 0.5) is 0 Å². The second kappa shape index (κ2) is 11.2. The van der Waals surface area contributed by atoms with Gasteiger partial charge < -0.3 is 15.0 Å². The van der Waals surface area contributed by atoms with Gasteiger partial charge in [0, 0.05) is 44.8 Å². The Labute approximate surface area is 207 Å². The van der Waals surface area contributed by atoms with Crippen LogP contribution in [0.2, 0.25) is 18.1 Å². The number of amides is 1. The van der Waals surface area contributed by atoms with Crippen LogP contribution in [0.5, 0.6) is 0 Å². The van der Waals surface area contributed by atoms with Gasteiger partial charge >= 0.3 is 0 Å². The molecular formula is C28H43N3O2Si. The van der Waals surface area contributed by atoms with Gasteiger partial charge in [0.25, 0.3) is 5.91 Å². The zero-order valence-corrected chi connectivity index (χ0v) is 22.9. The van der Waals surface area contributed by atoms with E-state index in [4.69, 9.17) is 0 Å². The van der Waals surface area contributed by atoms with E-state index in [9.17, 15) is 9.59 Å². The highest BCUT2D eigenvalue weighted by Gasteiger charge is 2.38. The molecule has 1 unspecified atom stereocenters. The molecule has 1 aliphatic heterocycles. The van der Waals surface area contributed by atoms with Crippen molar-refractivity contribution in [3.05, 3.63) is 70.8 Å². The van der Waals surface area contributed by atoms with E-state index in [1.807, 2.05) is 44.0 Å². The lowest BCUT2D eigenvalue weighted by Crippen LogP contribution is -2.45. The highest BCUT2D eigenvalue weighted by atomic mass is 28.4. The molecule has 186 valence electrons. The van der Waals surface area contributed by atoms with Crippen molar-refractivity contribution in [3.63, 3.8) is 0 Å². The predicted octanol–water partition coefficient (Wildman–Crippen LogP) is 4.68. The first-order valence-corrected chi connectivity index (χ1v) is 15.7. The predicted molar refractivity (Wildman–Crippen MR) is 144 cm³/mol. The average Bonchev–Trinajstić information content (AvgIpc) is 2.80. The van der Waals surface area contributed by atoms with Crippen molar-refractivity contribution in [2.45, 2.75) is 58.3 Å². The Kier molecular flexibility index (Phi) is 8.74. The van der Waals surface area contributed by atoms with Crippen molar-refractivity contribution in [1.29, 1.82) is 0 Å². The molecule has 0 spiro atoms. The number of carbonyl (C=O) groups is 1. The number of piperazine rings is 1. The molecule has 1 amide bonds. The van der Waals surface area contributed by atoms with Gasteiger partial charge in [0.15, 0.2) is 8.32 Å². The molecule has 1 aliphatic rings. The molecule has 5 nitrogen and oxygen atoms in total. The van der Waals surface area contributed by atoms with Crippen molar-refractivity contribution < 1.29 is 9.59 Å². The molecule has 1 heterocycles. The fourth-order valence-corrected chi connectivity index (χ4v) is 5.29. The number of rotatable bonds is 9. The highest BCUT2D eigenvalue weighted by Crippen LogP contribution is 2.39.